The topological polar surface area (TPSA) is 113 Å². The summed E-state index contributed by atoms with van der Waals surface area (Å²) in [5, 5.41) is 14.8. The molecule has 0 radical (unpaired) electrons. The van der Waals surface area contributed by atoms with Crippen molar-refractivity contribution in [3.63, 3.8) is 0 Å². The van der Waals surface area contributed by atoms with E-state index in [0.717, 1.165) is 31.6 Å². The minimum Gasteiger partial charge on any atom is -0.475 e. The van der Waals surface area contributed by atoms with Crippen LogP contribution in [0.1, 0.15) is 25.5 Å². The Labute approximate surface area is 132 Å². The van der Waals surface area contributed by atoms with Gasteiger partial charge in [0.05, 0.1) is 18.3 Å². The molecule has 0 bridgehead atoms. The van der Waals surface area contributed by atoms with Crippen LogP contribution >= 0.6 is 11.7 Å². The standard InChI is InChI=1S/C11H17N3OS.C2H2O4/c1-3-7-15-11-10(12-16-13-11)9-5-4-6-14(2)8-9;3-1(4)2(5)6/h5H,3-4,6-8H2,1-2H3;(H,3,4)(H,5,6). The molecular weight excluding hydrogens is 310 g/mol. The quantitative estimate of drug-likeness (QED) is 0.792. The number of carbonyl (C=O) groups is 2. The highest BCUT2D eigenvalue weighted by Crippen LogP contribution is 2.26. The van der Waals surface area contributed by atoms with Gasteiger partial charge in [-0.2, -0.15) is 4.37 Å². The lowest BCUT2D eigenvalue weighted by Crippen LogP contribution is -2.25. The Hall–Kier alpha value is -2.00. The Balaban J connectivity index is 0.000000346. The van der Waals surface area contributed by atoms with Crippen LogP contribution < -0.4 is 4.74 Å². The zero-order valence-corrected chi connectivity index (χ0v) is 13.3. The Kier molecular flexibility index (Phi) is 7.47. The maximum Gasteiger partial charge on any atom is 0.414 e. The monoisotopic (exact) mass is 329 g/mol. The van der Waals surface area contributed by atoms with Crippen molar-refractivity contribution < 1.29 is 24.5 Å². The van der Waals surface area contributed by atoms with Crippen LogP contribution in [0.2, 0.25) is 0 Å². The molecule has 122 valence electrons. The highest BCUT2D eigenvalue weighted by Gasteiger charge is 2.18. The maximum atomic E-state index is 9.10. The van der Waals surface area contributed by atoms with E-state index in [4.69, 9.17) is 24.5 Å². The van der Waals surface area contributed by atoms with Crippen molar-refractivity contribution in [1.82, 2.24) is 13.6 Å². The Morgan fingerprint density at radius 3 is 2.59 bits per heavy atom. The molecule has 2 rings (SSSR count). The van der Waals surface area contributed by atoms with Crippen LogP contribution in [0.3, 0.4) is 0 Å². The predicted molar refractivity (Wildman–Crippen MR) is 81.1 cm³/mol. The molecule has 0 fully saturated rings. The van der Waals surface area contributed by atoms with Crippen molar-refractivity contribution in [1.29, 1.82) is 0 Å². The van der Waals surface area contributed by atoms with Gasteiger partial charge < -0.3 is 19.8 Å². The number of aliphatic carboxylic acids is 2. The molecule has 0 atom stereocenters. The average molecular weight is 329 g/mol. The van der Waals surface area contributed by atoms with E-state index in [1.54, 1.807) is 0 Å². The summed E-state index contributed by atoms with van der Waals surface area (Å²) in [4.78, 5) is 20.5. The van der Waals surface area contributed by atoms with Crippen molar-refractivity contribution in [3.05, 3.63) is 11.8 Å². The van der Waals surface area contributed by atoms with Crippen LogP contribution in [-0.4, -0.2) is 62.5 Å². The van der Waals surface area contributed by atoms with Crippen LogP contribution in [0.15, 0.2) is 6.08 Å². The van der Waals surface area contributed by atoms with E-state index in [-0.39, 0.29) is 0 Å². The van der Waals surface area contributed by atoms with Crippen LogP contribution in [0.5, 0.6) is 5.88 Å². The minimum atomic E-state index is -1.82. The molecule has 1 aromatic heterocycles. The lowest BCUT2D eigenvalue weighted by molar-refractivity contribution is -0.159. The van der Waals surface area contributed by atoms with Gasteiger partial charge in [-0.25, -0.2) is 9.59 Å². The summed E-state index contributed by atoms with van der Waals surface area (Å²) < 4.78 is 14.1. The van der Waals surface area contributed by atoms with Gasteiger partial charge in [0.1, 0.15) is 5.69 Å². The summed E-state index contributed by atoms with van der Waals surface area (Å²) in [6.07, 6.45) is 4.32. The average Bonchev–Trinajstić information content (AvgIpc) is 2.94. The van der Waals surface area contributed by atoms with Crippen LogP contribution in [0.25, 0.3) is 5.57 Å². The molecule has 1 aromatic rings. The lowest BCUT2D eigenvalue weighted by Gasteiger charge is -2.22. The number of rotatable bonds is 4. The summed E-state index contributed by atoms with van der Waals surface area (Å²) >= 11 is 1.23. The fourth-order valence-electron chi connectivity index (χ4n) is 1.74. The molecule has 0 aliphatic carbocycles. The first-order valence-electron chi connectivity index (χ1n) is 6.75. The Morgan fingerprint density at radius 2 is 2.05 bits per heavy atom. The molecule has 1 aliphatic heterocycles. The molecule has 2 heterocycles. The van der Waals surface area contributed by atoms with E-state index in [1.807, 2.05) is 0 Å². The second-order valence-corrected chi connectivity index (χ2v) is 5.16. The van der Waals surface area contributed by atoms with Gasteiger partial charge in [-0.15, -0.1) is 4.37 Å². The second kappa shape index (κ2) is 9.11. The van der Waals surface area contributed by atoms with E-state index in [0.29, 0.717) is 12.5 Å². The van der Waals surface area contributed by atoms with Crippen molar-refractivity contribution in [2.75, 3.05) is 26.7 Å². The van der Waals surface area contributed by atoms with Gasteiger partial charge in [-0.3, -0.25) is 0 Å². The van der Waals surface area contributed by atoms with E-state index < -0.39 is 11.9 Å². The van der Waals surface area contributed by atoms with Gasteiger partial charge in [0.2, 0.25) is 0 Å². The third kappa shape index (κ3) is 5.78. The first-order valence-corrected chi connectivity index (χ1v) is 7.48. The molecule has 0 saturated heterocycles. The smallest absolute Gasteiger partial charge is 0.414 e. The number of aromatic nitrogens is 2. The highest BCUT2D eigenvalue weighted by molar-refractivity contribution is 6.99. The van der Waals surface area contributed by atoms with E-state index in [1.165, 1.54) is 17.3 Å². The van der Waals surface area contributed by atoms with Gasteiger partial charge in [0.15, 0.2) is 0 Å². The summed E-state index contributed by atoms with van der Waals surface area (Å²) in [5.74, 6) is -2.95. The molecule has 0 aromatic carbocycles. The first-order chi connectivity index (χ1) is 10.5. The fraction of sp³-hybridized carbons (Fsp3) is 0.538. The van der Waals surface area contributed by atoms with Gasteiger partial charge in [0.25, 0.3) is 5.88 Å². The number of nitrogens with zero attached hydrogens (tertiary/aromatic N) is 3. The Morgan fingerprint density at radius 1 is 1.36 bits per heavy atom. The molecule has 0 amide bonds. The number of hydrogen-bond acceptors (Lipinski definition) is 7. The number of likely N-dealkylation sites (N-methyl/N-ethyl adjacent to an activating group) is 1. The third-order valence-corrected chi connectivity index (χ3v) is 3.24. The van der Waals surface area contributed by atoms with Crippen LogP contribution in [0, 0.1) is 0 Å². The summed E-state index contributed by atoms with van der Waals surface area (Å²) in [5.41, 5.74) is 2.18. The largest absolute Gasteiger partial charge is 0.475 e. The molecule has 0 spiro atoms. The Bertz CT molecular complexity index is 532. The second-order valence-electron chi connectivity index (χ2n) is 4.63. The normalized spacial score (nSPS) is 14.5. The van der Waals surface area contributed by atoms with E-state index in [2.05, 4.69) is 33.7 Å². The zero-order valence-electron chi connectivity index (χ0n) is 12.5. The molecular formula is C13H19N3O5S. The molecule has 22 heavy (non-hydrogen) atoms. The molecule has 0 unspecified atom stereocenters. The molecule has 8 nitrogen and oxygen atoms in total. The number of carboxylic acid groups (broad SMARTS) is 2. The van der Waals surface area contributed by atoms with Crippen LogP contribution in [-0.2, 0) is 9.59 Å². The molecule has 2 N–H and O–H groups in total. The highest BCUT2D eigenvalue weighted by atomic mass is 32.1. The SMILES string of the molecule is CCCOc1nsnc1C1=CCCN(C)C1.O=C(O)C(=O)O. The number of ether oxygens (including phenoxy) is 1. The fourth-order valence-corrected chi connectivity index (χ4v) is 2.27. The van der Waals surface area contributed by atoms with Crippen molar-refractivity contribution in [2.24, 2.45) is 0 Å². The summed E-state index contributed by atoms with van der Waals surface area (Å²) in [6, 6.07) is 0. The number of hydrogen-bond donors (Lipinski definition) is 2. The van der Waals surface area contributed by atoms with Crippen molar-refractivity contribution in [3.8, 4) is 5.88 Å². The first kappa shape index (κ1) is 18.1. The molecule has 1 aliphatic rings. The predicted octanol–water partition coefficient (Wildman–Crippen LogP) is 1.20. The zero-order chi connectivity index (χ0) is 16.5. The third-order valence-electron chi connectivity index (χ3n) is 2.73. The van der Waals surface area contributed by atoms with Crippen LogP contribution in [0.4, 0.5) is 0 Å². The lowest BCUT2D eigenvalue weighted by atomic mass is 10.1. The van der Waals surface area contributed by atoms with Gasteiger partial charge >= 0.3 is 11.9 Å². The van der Waals surface area contributed by atoms with E-state index >= 15 is 0 Å². The van der Waals surface area contributed by atoms with Gasteiger partial charge in [-0.1, -0.05) is 13.0 Å². The van der Waals surface area contributed by atoms with Gasteiger partial charge in [0, 0.05) is 13.1 Å². The molecule has 0 saturated carbocycles. The van der Waals surface area contributed by atoms with E-state index in [9.17, 15) is 0 Å². The van der Waals surface area contributed by atoms with Crippen molar-refractivity contribution in [2.45, 2.75) is 19.8 Å². The maximum absolute atomic E-state index is 9.10. The van der Waals surface area contributed by atoms with Gasteiger partial charge in [-0.05, 0) is 25.5 Å². The summed E-state index contributed by atoms with van der Waals surface area (Å²) in [6.45, 7) is 4.86. The number of carboxylic acids is 2. The summed E-state index contributed by atoms with van der Waals surface area (Å²) in [7, 11) is 2.12. The van der Waals surface area contributed by atoms with Crippen molar-refractivity contribution >= 4 is 29.2 Å². The molecule has 9 heteroatoms. The minimum absolute atomic E-state index is 0.702.